The van der Waals surface area contributed by atoms with Gasteiger partial charge in [-0.2, -0.15) is 17.0 Å². The van der Waals surface area contributed by atoms with E-state index in [1.807, 2.05) is 6.26 Å². The van der Waals surface area contributed by atoms with Gasteiger partial charge in [0.05, 0.1) is 11.6 Å². The molecule has 0 fully saturated rings. The van der Waals surface area contributed by atoms with Crippen molar-refractivity contribution in [3.8, 4) is 6.07 Å². The first-order valence-electron chi connectivity index (χ1n) is 5.37. The molecule has 0 saturated carbocycles. The average Bonchev–Trinajstić information content (AvgIpc) is 2.33. The number of aliphatic hydroxyl groups excluding tert-OH is 1. The summed E-state index contributed by atoms with van der Waals surface area (Å²) in [7, 11) is 0. The standard InChI is InChI=1S/C12H14F2N2OS/c1-18-7-9(2-3-17)16-12-10(13)4-8(6-15)5-11(12)14/h4-5,9,16-17H,2-3,7H2,1H3. The summed E-state index contributed by atoms with van der Waals surface area (Å²) in [6.45, 7) is -0.0578. The van der Waals surface area contributed by atoms with Crippen LogP contribution in [0.1, 0.15) is 12.0 Å². The highest BCUT2D eigenvalue weighted by molar-refractivity contribution is 7.98. The van der Waals surface area contributed by atoms with Gasteiger partial charge in [-0.05, 0) is 24.8 Å². The van der Waals surface area contributed by atoms with Crippen LogP contribution in [0.15, 0.2) is 12.1 Å². The van der Waals surface area contributed by atoms with Gasteiger partial charge in [0.25, 0.3) is 0 Å². The van der Waals surface area contributed by atoms with Crippen LogP contribution in [0.5, 0.6) is 0 Å². The van der Waals surface area contributed by atoms with Gasteiger partial charge in [-0.15, -0.1) is 0 Å². The monoisotopic (exact) mass is 272 g/mol. The second-order valence-corrected chi connectivity index (χ2v) is 4.65. The minimum Gasteiger partial charge on any atom is -0.396 e. The molecular formula is C12H14F2N2OS. The van der Waals surface area contributed by atoms with Crippen LogP contribution < -0.4 is 5.32 Å². The van der Waals surface area contributed by atoms with E-state index in [-0.39, 0.29) is 23.9 Å². The number of halogens is 2. The summed E-state index contributed by atoms with van der Waals surface area (Å²) in [6, 6.07) is 3.44. The fourth-order valence-corrected chi connectivity index (χ4v) is 2.19. The van der Waals surface area contributed by atoms with Crippen molar-refractivity contribution >= 4 is 17.4 Å². The molecular weight excluding hydrogens is 258 g/mol. The molecule has 98 valence electrons. The van der Waals surface area contributed by atoms with Crippen LogP contribution in [0.4, 0.5) is 14.5 Å². The average molecular weight is 272 g/mol. The zero-order valence-electron chi connectivity index (χ0n) is 9.91. The van der Waals surface area contributed by atoms with Crippen molar-refractivity contribution in [2.75, 3.05) is 23.9 Å². The van der Waals surface area contributed by atoms with Gasteiger partial charge < -0.3 is 10.4 Å². The molecule has 0 aliphatic heterocycles. The summed E-state index contributed by atoms with van der Waals surface area (Å²) in [5, 5.41) is 20.2. The van der Waals surface area contributed by atoms with Crippen LogP contribution in [0, 0.1) is 23.0 Å². The number of rotatable bonds is 6. The van der Waals surface area contributed by atoms with Crippen LogP contribution in [-0.2, 0) is 0 Å². The second-order valence-electron chi connectivity index (χ2n) is 3.74. The summed E-state index contributed by atoms with van der Waals surface area (Å²) in [5.41, 5.74) is -0.305. The van der Waals surface area contributed by atoms with Gasteiger partial charge in [0.1, 0.15) is 5.69 Å². The minimum atomic E-state index is -0.796. The molecule has 2 N–H and O–H groups in total. The molecule has 1 atom stereocenters. The summed E-state index contributed by atoms with van der Waals surface area (Å²) < 4.78 is 27.2. The van der Waals surface area contributed by atoms with Gasteiger partial charge in [-0.1, -0.05) is 0 Å². The van der Waals surface area contributed by atoms with E-state index >= 15 is 0 Å². The zero-order chi connectivity index (χ0) is 13.5. The van der Waals surface area contributed by atoms with Gasteiger partial charge in [0.2, 0.25) is 0 Å². The summed E-state index contributed by atoms with van der Waals surface area (Å²) >= 11 is 1.52. The normalized spacial score (nSPS) is 11.9. The molecule has 0 aliphatic rings. The van der Waals surface area contributed by atoms with Crippen LogP contribution in [0.2, 0.25) is 0 Å². The number of benzene rings is 1. The molecule has 18 heavy (non-hydrogen) atoms. The van der Waals surface area contributed by atoms with Crippen molar-refractivity contribution < 1.29 is 13.9 Å². The molecule has 0 bridgehead atoms. The molecule has 0 radical (unpaired) electrons. The third kappa shape index (κ3) is 3.86. The van der Waals surface area contributed by atoms with E-state index < -0.39 is 11.6 Å². The molecule has 1 aromatic carbocycles. The third-order valence-electron chi connectivity index (χ3n) is 2.37. The van der Waals surface area contributed by atoms with Gasteiger partial charge in [-0.25, -0.2) is 8.78 Å². The molecule has 0 amide bonds. The Labute approximate surface area is 109 Å². The fourth-order valence-electron chi connectivity index (χ4n) is 1.53. The first-order valence-corrected chi connectivity index (χ1v) is 6.77. The Bertz CT molecular complexity index is 419. The molecule has 1 unspecified atom stereocenters. The molecule has 0 saturated heterocycles. The van der Waals surface area contributed by atoms with Crippen LogP contribution in [-0.4, -0.2) is 29.8 Å². The molecule has 0 spiro atoms. The van der Waals surface area contributed by atoms with Gasteiger partial charge >= 0.3 is 0 Å². The van der Waals surface area contributed by atoms with Crippen molar-refractivity contribution in [3.63, 3.8) is 0 Å². The molecule has 1 rings (SSSR count). The molecule has 0 heterocycles. The molecule has 3 nitrogen and oxygen atoms in total. The topological polar surface area (TPSA) is 56.0 Å². The van der Waals surface area contributed by atoms with Crippen molar-refractivity contribution in [2.45, 2.75) is 12.5 Å². The van der Waals surface area contributed by atoms with E-state index in [4.69, 9.17) is 10.4 Å². The number of nitrogens with zero attached hydrogens (tertiary/aromatic N) is 1. The van der Waals surface area contributed by atoms with Crippen molar-refractivity contribution in [3.05, 3.63) is 29.3 Å². The number of hydrogen-bond donors (Lipinski definition) is 2. The number of thioether (sulfide) groups is 1. The quantitative estimate of drug-likeness (QED) is 0.834. The van der Waals surface area contributed by atoms with Crippen molar-refractivity contribution in [2.24, 2.45) is 0 Å². The lowest BCUT2D eigenvalue weighted by molar-refractivity contribution is 0.282. The highest BCUT2D eigenvalue weighted by Gasteiger charge is 2.15. The molecule has 0 aliphatic carbocycles. The maximum absolute atomic E-state index is 13.6. The van der Waals surface area contributed by atoms with Crippen LogP contribution >= 0.6 is 11.8 Å². The Hall–Kier alpha value is -1.32. The Morgan fingerprint density at radius 1 is 1.44 bits per heavy atom. The van der Waals surface area contributed by atoms with Gasteiger partial charge in [0.15, 0.2) is 11.6 Å². The van der Waals surface area contributed by atoms with Gasteiger partial charge in [0, 0.05) is 18.4 Å². The van der Waals surface area contributed by atoms with E-state index in [1.165, 1.54) is 11.8 Å². The predicted octanol–water partition coefficient (Wildman–Crippen LogP) is 2.36. The molecule has 1 aromatic rings. The smallest absolute Gasteiger partial charge is 0.150 e. The fraction of sp³-hybridized carbons (Fsp3) is 0.417. The van der Waals surface area contributed by atoms with Crippen molar-refractivity contribution in [1.82, 2.24) is 0 Å². The maximum Gasteiger partial charge on any atom is 0.150 e. The zero-order valence-corrected chi connectivity index (χ0v) is 10.7. The summed E-state index contributed by atoms with van der Waals surface area (Å²) in [5.74, 6) is -0.967. The molecule has 6 heteroatoms. The first-order chi connectivity index (χ1) is 8.62. The third-order valence-corrected chi connectivity index (χ3v) is 3.10. The van der Waals surface area contributed by atoms with E-state index in [0.29, 0.717) is 12.2 Å². The van der Waals surface area contributed by atoms with Crippen LogP contribution in [0.25, 0.3) is 0 Å². The Balaban J connectivity index is 2.92. The number of hydrogen-bond acceptors (Lipinski definition) is 4. The maximum atomic E-state index is 13.6. The van der Waals surface area contributed by atoms with E-state index in [9.17, 15) is 8.78 Å². The lowest BCUT2D eigenvalue weighted by Crippen LogP contribution is -2.25. The Morgan fingerprint density at radius 2 is 2.06 bits per heavy atom. The number of aliphatic hydroxyl groups is 1. The highest BCUT2D eigenvalue weighted by Crippen LogP contribution is 2.22. The highest BCUT2D eigenvalue weighted by atomic mass is 32.2. The van der Waals surface area contributed by atoms with Crippen LogP contribution in [0.3, 0.4) is 0 Å². The lowest BCUT2D eigenvalue weighted by atomic mass is 10.1. The summed E-state index contributed by atoms with van der Waals surface area (Å²) in [6.07, 6.45) is 2.28. The van der Waals surface area contributed by atoms with Gasteiger partial charge in [-0.3, -0.25) is 0 Å². The summed E-state index contributed by atoms with van der Waals surface area (Å²) in [4.78, 5) is 0. The minimum absolute atomic E-state index is 0.0564. The van der Waals surface area contributed by atoms with E-state index in [2.05, 4.69) is 5.32 Å². The largest absolute Gasteiger partial charge is 0.396 e. The Morgan fingerprint density at radius 3 is 2.50 bits per heavy atom. The predicted molar refractivity (Wildman–Crippen MR) is 68.6 cm³/mol. The SMILES string of the molecule is CSCC(CCO)Nc1c(F)cc(C#N)cc1F. The van der Waals surface area contributed by atoms with Crippen molar-refractivity contribution in [1.29, 1.82) is 5.26 Å². The van der Waals surface area contributed by atoms with E-state index in [0.717, 1.165) is 12.1 Å². The first kappa shape index (κ1) is 14.7. The Kier molecular flexibility index (Phi) is 5.89. The lowest BCUT2D eigenvalue weighted by Gasteiger charge is -2.19. The second kappa shape index (κ2) is 7.19. The van der Waals surface area contributed by atoms with E-state index in [1.54, 1.807) is 6.07 Å². The molecule has 0 aromatic heterocycles. The number of nitrogens with one attached hydrogen (secondary N) is 1. The number of nitriles is 1. The number of anilines is 1.